The van der Waals surface area contributed by atoms with Gasteiger partial charge in [-0.1, -0.05) is 73.4 Å². The first-order chi connectivity index (χ1) is 20.8. The number of rotatable bonds is 5. The van der Waals surface area contributed by atoms with Gasteiger partial charge in [0.25, 0.3) is 0 Å². The average Bonchev–Trinajstić information content (AvgIpc) is 3.47. The fraction of sp³-hybridized carbons (Fsp3) is 0.143. The first-order valence-corrected chi connectivity index (χ1v) is 13.8. The summed E-state index contributed by atoms with van der Waals surface area (Å²) in [6.45, 7) is 11.4. The Morgan fingerprint density at radius 2 is 1.74 bits per heavy atom. The maximum atomic E-state index is 8.90. The van der Waals surface area contributed by atoms with E-state index in [9.17, 15) is 0 Å². The summed E-state index contributed by atoms with van der Waals surface area (Å²) < 4.78 is 0. The lowest BCUT2D eigenvalue weighted by Crippen LogP contribution is -2.09. The van der Waals surface area contributed by atoms with Gasteiger partial charge in [0.05, 0.1) is 0 Å². The summed E-state index contributed by atoms with van der Waals surface area (Å²) in [4.78, 5) is 26.9. The summed E-state index contributed by atoms with van der Waals surface area (Å²) in [6.07, 6.45) is 22.4. The van der Waals surface area contributed by atoms with E-state index in [2.05, 4.69) is 22.5 Å². The van der Waals surface area contributed by atoms with Gasteiger partial charge in [-0.15, -0.1) is 12.3 Å². The van der Waals surface area contributed by atoms with Crippen LogP contribution in [0, 0.1) is 24.7 Å². The smallest absolute Gasteiger partial charge is 0.162 e. The molecule has 1 aromatic carbocycles. The molecule has 0 fully saturated rings. The molecular formula is C35H34N8. The number of allylic oxidation sites excluding steroid dienone is 7. The highest BCUT2D eigenvalue weighted by Crippen LogP contribution is 2.28. The van der Waals surface area contributed by atoms with E-state index in [0.717, 1.165) is 27.7 Å². The molecule has 4 bridgehead atoms. The molecule has 3 heterocycles. The van der Waals surface area contributed by atoms with Crippen molar-refractivity contribution < 1.29 is 0 Å². The topological polar surface area (TPSA) is 130 Å². The van der Waals surface area contributed by atoms with Crippen LogP contribution in [0.1, 0.15) is 54.7 Å². The molecule has 0 radical (unpaired) electrons. The van der Waals surface area contributed by atoms with E-state index in [1.165, 1.54) is 0 Å². The van der Waals surface area contributed by atoms with E-state index in [1.807, 2.05) is 82.3 Å². The van der Waals surface area contributed by atoms with Crippen LogP contribution in [0.15, 0.2) is 73.6 Å². The van der Waals surface area contributed by atoms with E-state index in [4.69, 9.17) is 37.5 Å². The molecule has 0 saturated heterocycles. The summed E-state index contributed by atoms with van der Waals surface area (Å²) in [5.41, 5.74) is 12.2. The van der Waals surface area contributed by atoms with Crippen LogP contribution in [0.5, 0.6) is 0 Å². The average molecular weight is 567 g/mol. The zero-order valence-corrected chi connectivity index (χ0v) is 24.8. The molecule has 2 aromatic heterocycles. The van der Waals surface area contributed by atoms with Crippen molar-refractivity contribution in [2.24, 2.45) is 0 Å². The van der Waals surface area contributed by atoms with Gasteiger partial charge in [-0.25, -0.2) is 24.9 Å². The zero-order chi connectivity index (χ0) is 30.9. The van der Waals surface area contributed by atoms with Gasteiger partial charge in [0, 0.05) is 57.4 Å². The molecule has 3 aromatic rings. The number of aromatic amines is 1. The maximum Gasteiger partial charge on any atom is 0.162 e. The molecule has 214 valence electrons. The third kappa shape index (κ3) is 6.63. The molecule has 0 spiro atoms. The van der Waals surface area contributed by atoms with Gasteiger partial charge < -0.3 is 10.7 Å². The molecule has 4 N–H and O–H groups in total. The van der Waals surface area contributed by atoms with Crippen molar-refractivity contribution in [3.8, 4) is 12.3 Å². The number of fused-ring (bicyclic) bond motifs is 5. The standard InChI is InChI=1S/C35H34N8/c1-7-11-17-24-20-38-33-26(14-8-2)23(6)32(42-33)41-31(37)27-19-13-12-18-25(27)21-39-34-28(15-9-3)29(16-10-4)35(43-34)40-30(36)22(24)5/h4,7-9,11-15,17-21H,1,16H2,2-3,5-6H3,(H2,36,39,40,43)(H2,37,38,41,42)/b14-8-,15-9-,17-11-. The Hall–Kier alpha value is -5.68. The van der Waals surface area contributed by atoms with Gasteiger partial charge in [0.1, 0.15) is 22.6 Å². The SMILES string of the molecule is C#CCc1c(/C=C\C)c2ncc3ccccc3c(N)nc3nc(ncc(/C=C\C=C)c(C)c(=N)nc1[nH]2)C(/C=C\C)=C3C. The van der Waals surface area contributed by atoms with Crippen molar-refractivity contribution >= 4 is 51.2 Å². The van der Waals surface area contributed by atoms with Crippen molar-refractivity contribution in [2.75, 3.05) is 5.73 Å². The lowest BCUT2D eigenvalue weighted by atomic mass is 10.1. The minimum absolute atomic E-state index is 0.0436. The van der Waals surface area contributed by atoms with E-state index < -0.39 is 0 Å². The summed E-state index contributed by atoms with van der Waals surface area (Å²) in [5, 5.41) is 10.4. The normalized spacial score (nSPS) is 12.2. The minimum Gasteiger partial charge on any atom is -0.383 e. The molecule has 8 nitrogen and oxygen atoms in total. The Bertz CT molecular complexity index is 2000. The predicted octanol–water partition coefficient (Wildman–Crippen LogP) is 6.71. The van der Waals surface area contributed by atoms with Gasteiger partial charge >= 0.3 is 0 Å². The Balaban J connectivity index is 2.28. The van der Waals surface area contributed by atoms with Gasteiger partial charge in [-0.05, 0) is 33.3 Å². The Kier molecular flexibility index (Phi) is 9.71. The number of benzene rings is 1. The van der Waals surface area contributed by atoms with Crippen LogP contribution < -0.4 is 11.2 Å². The largest absolute Gasteiger partial charge is 0.383 e. The Morgan fingerprint density at radius 1 is 0.977 bits per heavy atom. The second-order valence-corrected chi connectivity index (χ2v) is 9.63. The highest BCUT2D eigenvalue weighted by Gasteiger charge is 2.17. The van der Waals surface area contributed by atoms with Crippen molar-refractivity contribution in [1.82, 2.24) is 29.9 Å². The number of anilines is 1. The van der Waals surface area contributed by atoms with Crippen LogP contribution in [0.3, 0.4) is 0 Å². The number of nitrogen functional groups attached to an aromatic ring is 1. The van der Waals surface area contributed by atoms with Gasteiger partial charge in [-0.2, -0.15) is 0 Å². The number of hydrogen-bond acceptors (Lipinski definition) is 7. The number of aromatic nitrogens is 6. The molecule has 0 amide bonds. The molecule has 4 rings (SSSR count). The molecule has 1 aliphatic heterocycles. The van der Waals surface area contributed by atoms with E-state index in [1.54, 1.807) is 24.5 Å². The monoisotopic (exact) mass is 566 g/mol. The lowest BCUT2D eigenvalue weighted by Gasteiger charge is -1.98. The van der Waals surface area contributed by atoms with Crippen molar-refractivity contribution in [1.29, 1.82) is 5.41 Å². The zero-order valence-electron chi connectivity index (χ0n) is 24.8. The third-order valence-electron chi connectivity index (χ3n) is 6.79. The first-order valence-electron chi connectivity index (χ1n) is 13.8. The second kappa shape index (κ2) is 13.8. The quantitative estimate of drug-likeness (QED) is 0.233. The number of hydrogen-bond donors (Lipinski definition) is 3. The molecule has 0 unspecified atom stereocenters. The van der Waals surface area contributed by atoms with E-state index >= 15 is 0 Å². The molecular weight excluding hydrogens is 532 g/mol. The lowest BCUT2D eigenvalue weighted by molar-refractivity contribution is 1.07. The molecule has 0 atom stereocenters. The van der Waals surface area contributed by atoms with Crippen molar-refractivity contribution in [2.45, 2.75) is 34.1 Å². The first kappa shape index (κ1) is 30.3. The van der Waals surface area contributed by atoms with E-state index in [0.29, 0.717) is 51.7 Å². The number of nitrogens with zero attached hydrogens (tertiary/aromatic N) is 5. The fourth-order valence-electron chi connectivity index (χ4n) is 4.51. The predicted molar refractivity (Wildman–Crippen MR) is 178 cm³/mol. The van der Waals surface area contributed by atoms with Crippen LogP contribution in [0.4, 0.5) is 5.82 Å². The van der Waals surface area contributed by atoms with Gasteiger partial charge in [0.2, 0.25) is 0 Å². The van der Waals surface area contributed by atoms with Crippen LogP contribution in [0.25, 0.3) is 45.4 Å². The number of nitrogens with two attached hydrogens (primary N) is 1. The van der Waals surface area contributed by atoms with Crippen LogP contribution >= 0.6 is 0 Å². The number of H-pyrrole nitrogens is 1. The van der Waals surface area contributed by atoms with Crippen molar-refractivity contribution in [3.63, 3.8) is 0 Å². The number of terminal acetylenes is 1. The van der Waals surface area contributed by atoms with Crippen LogP contribution in [0.2, 0.25) is 0 Å². The highest BCUT2D eigenvalue weighted by molar-refractivity contribution is 5.95. The van der Waals surface area contributed by atoms with Gasteiger partial charge in [0.15, 0.2) is 11.6 Å². The fourth-order valence-corrected chi connectivity index (χ4v) is 4.51. The number of nitrogens with one attached hydrogen (secondary N) is 2. The molecule has 8 heteroatoms. The highest BCUT2D eigenvalue weighted by atomic mass is 15.0. The summed E-state index contributed by atoms with van der Waals surface area (Å²) >= 11 is 0. The van der Waals surface area contributed by atoms with E-state index in [-0.39, 0.29) is 5.49 Å². The second-order valence-electron chi connectivity index (χ2n) is 9.63. The third-order valence-corrected chi connectivity index (χ3v) is 6.79. The molecule has 1 aliphatic rings. The molecule has 0 aliphatic carbocycles. The van der Waals surface area contributed by atoms with Crippen LogP contribution in [-0.4, -0.2) is 29.9 Å². The molecule has 43 heavy (non-hydrogen) atoms. The summed E-state index contributed by atoms with van der Waals surface area (Å²) in [6, 6.07) is 7.61. The van der Waals surface area contributed by atoms with Crippen LogP contribution in [-0.2, 0) is 6.42 Å². The van der Waals surface area contributed by atoms with Gasteiger partial charge in [-0.3, -0.25) is 5.41 Å². The Morgan fingerprint density at radius 3 is 2.47 bits per heavy atom. The van der Waals surface area contributed by atoms with Crippen molar-refractivity contribution in [3.05, 3.63) is 113 Å². The Labute approximate surface area is 251 Å². The summed E-state index contributed by atoms with van der Waals surface area (Å²) in [5.74, 6) is 3.97. The minimum atomic E-state index is 0.0436. The summed E-state index contributed by atoms with van der Waals surface area (Å²) in [7, 11) is 0. The maximum absolute atomic E-state index is 8.90. The molecule has 0 saturated carbocycles.